The molecule has 0 radical (unpaired) electrons. The van der Waals surface area contributed by atoms with Gasteiger partial charge in [0.1, 0.15) is 11.5 Å². The molecule has 6 heteroatoms. The summed E-state index contributed by atoms with van der Waals surface area (Å²) >= 11 is 0. The first-order chi connectivity index (χ1) is 8.16. The quantitative estimate of drug-likeness (QED) is 0.728. The molecule has 0 aliphatic rings. The van der Waals surface area contributed by atoms with Crippen molar-refractivity contribution in [3.63, 3.8) is 0 Å². The molecule has 0 aliphatic heterocycles. The highest BCUT2D eigenvalue weighted by atomic mass is 16.3. The first-order valence-electron chi connectivity index (χ1n) is 4.98. The standard InChI is InChI=1S/C11H12N4O2/c12-8-1-2-9(10(13)16)15-11(8)14-5-7-3-4-17-6-7/h1-4,6H,5,12H2,(H2,13,16)(H,14,15). The third-order valence-corrected chi connectivity index (χ3v) is 2.22. The van der Waals surface area contributed by atoms with Crippen LogP contribution in [0.4, 0.5) is 11.5 Å². The van der Waals surface area contributed by atoms with Crippen LogP contribution >= 0.6 is 0 Å². The van der Waals surface area contributed by atoms with Gasteiger partial charge in [0.2, 0.25) is 0 Å². The number of nitrogen functional groups attached to an aromatic ring is 1. The topological polar surface area (TPSA) is 107 Å². The average Bonchev–Trinajstić information content (AvgIpc) is 2.80. The molecule has 6 nitrogen and oxygen atoms in total. The molecule has 0 spiro atoms. The Morgan fingerprint density at radius 3 is 2.88 bits per heavy atom. The van der Waals surface area contributed by atoms with Gasteiger partial charge >= 0.3 is 0 Å². The second-order valence-corrected chi connectivity index (χ2v) is 3.48. The lowest BCUT2D eigenvalue weighted by molar-refractivity contribution is 0.0996. The molecule has 0 atom stereocenters. The number of hydrogen-bond acceptors (Lipinski definition) is 5. The van der Waals surface area contributed by atoms with E-state index in [9.17, 15) is 4.79 Å². The Morgan fingerprint density at radius 2 is 2.24 bits per heavy atom. The smallest absolute Gasteiger partial charge is 0.267 e. The van der Waals surface area contributed by atoms with Crippen molar-refractivity contribution in [2.24, 2.45) is 5.73 Å². The summed E-state index contributed by atoms with van der Waals surface area (Å²) < 4.78 is 4.93. The summed E-state index contributed by atoms with van der Waals surface area (Å²) in [5.74, 6) is -0.154. The van der Waals surface area contributed by atoms with Gasteiger partial charge in [-0.3, -0.25) is 4.79 Å². The molecule has 5 N–H and O–H groups in total. The van der Waals surface area contributed by atoms with Gasteiger partial charge in [0.25, 0.3) is 5.91 Å². The highest BCUT2D eigenvalue weighted by Gasteiger charge is 2.07. The summed E-state index contributed by atoms with van der Waals surface area (Å²) in [6.07, 6.45) is 3.19. The Balaban J connectivity index is 2.14. The van der Waals surface area contributed by atoms with Crippen molar-refractivity contribution in [2.45, 2.75) is 6.54 Å². The van der Waals surface area contributed by atoms with Crippen LogP contribution in [0.1, 0.15) is 16.1 Å². The van der Waals surface area contributed by atoms with Crippen LogP contribution in [-0.2, 0) is 6.54 Å². The summed E-state index contributed by atoms with van der Waals surface area (Å²) in [5, 5.41) is 3.01. The zero-order chi connectivity index (χ0) is 12.3. The van der Waals surface area contributed by atoms with Crippen LogP contribution in [0.5, 0.6) is 0 Å². The van der Waals surface area contributed by atoms with Crippen molar-refractivity contribution in [2.75, 3.05) is 11.1 Å². The molecule has 0 bridgehead atoms. The molecule has 2 aromatic rings. The second-order valence-electron chi connectivity index (χ2n) is 3.48. The van der Waals surface area contributed by atoms with E-state index in [1.807, 2.05) is 6.07 Å². The molecule has 2 rings (SSSR count). The highest BCUT2D eigenvalue weighted by Crippen LogP contribution is 2.16. The number of nitrogens with one attached hydrogen (secondary N) is 1. The predicted molar refractivity (Wildman–Crippen MR) is 63.2 cm³/mol. The van der Waals surface area contributed by atoms with E-state index < -0.39 is 5.91 Å². The normalized spacial score (nSPS) is 10.1. The number of hydrogen-bond donors (Lipinski definition) is 3. The summed E-state index contributed by atoms with van der Waals surface area (Å²) in [6.45, 7) is 0.510. The van der Waals surface area contributed by atoms with E-state index in [4.69, 9.17) is 15.9 Å². The summed E-state index contributed by atoms with van der Waals surface area (Å²) in [5.41, 5.74) is 12.5. The third kappa shape index (κ3) is 2.54. The van der Waals surface area contributed by atoms with E-state index in [0.29, 0.717) is 18.1 Å². The molecule has 0 aliphatic carbocycles. The van der Waals surface area contributed by atoms with Gasteiger partial charge in [-0.15, -0.1) is 0 Å². The van der Waals surface area contributed by atoms with Crippen LogP contribution in [-0.4, -0.2) is 10.9 Å². The van der Waals surface area contributed by atoms with Gasteiger partial charge in [-0.1, -0.05) is 0 Å². The molecule has 0 saturated carbocycles. The van der Waals surface area contributed by atoms with Crippen molar-refractivity contribution < 1.29 is 9.21 Å². The van der Waals surface area contributed by atoms with Gasteiger partial charge in [0.15, 0.2) is 0 Å². The van der Waals surface area contributed by atoms with Gasteiger partial charge in [0, 0.05) is 12.1 Å². The van der Waals surface area contributed by atoms with Crippen molar-refractivity contribution >= 4 is 17.4 Å². The maximum absolute atomic E-state index is 11.0. The molecule has 17 heavy (non-hydrogen) atoms. The predicted octanol–water partition coefficient (Wildman–Crippen LogP) is 0.968. The Labute approximate surface area is 97.6 Å². The molecule has 88 valence electrons. The number of nitrogens with zero attached hydrogens (tertiary/aromatic N) is 1. The van der Waals surface area contributed by atoms with E-state index in [1.165, 1.54) is 6.07 Å². The van der Waals surface area contributed by atoms with Crippen LogP contribution in [0.15, 0.2) is 35.1 Å². The fraction of sp³-hybridized carbons (Fsp3) is 0.0909. The molecule has 1 amide bonds. The van der Waals surface area contributed by atoms with Gasteiger partial charge < -0.3 is 21.2 Å². The lowest BCUT2D eigenvalue weighted by Crippen LogP contribution is -2.15. The van der Waals surface area contributed by atoms with Gasteiger partial charge in [-0.2, -0.15) is 0 Å². The minimum absolute atomic E-state index is 0.175. The lowest BCUT2D eigenvalue weighted by atomic mass is 10.3. The number of amides is 1. The minimum atomic E-state index is -0.587. The summed E-state index contributed by atoms with van der Waals surface area (Å²) in [6, 6.07) is 4.90. The molecule has 0 saturated heterocycles. The van der Waals surface area contributed by atoms with Crippen LogP contribution in [0.3, 0.4) is 0 Å². The Hall–Kier alpha value is -2.50. The maximum atomic E-state index is 11.0. The number of primary amides is 1. The SMILES string of the molecule is NC(=O)c1ccc(N)c(NCc2ccoc2)n1. The van der Waals surface area contributed by atoms with Gasteiger partial charge in [0.05, 0.1) is 18.2 Å². The van der Waals surface area contributed by atoms with E-state index in [1.54, 1.807) is 18.6 Å². The molecular weight excluding hydrogens is 220 g/mol. The minimum Gasteiger partial charge on any atom is -0.472 e. The molecule has 0 fully saturated rings. The van der Waals surface area contributed by atoms with Crippen LogP contribution in [0, 0.1) is 0 Å². The van der Waals surface area contributed by atoms with E-state index in [0.717, 1.165) is 5.56 Å². The molecular formula is C11H12N4O2. The molecule has 0 aromatic carbocycles. The largest absolute Gasteiger partial charge is 0.472 e. The fourth-order valence-electron chi connectivity index (χ4n) is 1.33. The lowest BCUT2D eigenvalue weighted by Gasteiger charge is -2.07. The number of pyridine rings is 1. The zero-order valence-corrected chi connectivity index (χ0v) is 9.01. The number of carbonyl (C=O) groups excluding carboxylic acids is 1. The Bertz CT molecular complexity index is 522. The number of carbonyl (C=O) groups is 1. The number of furan rings is 1. The molecule has 0 unspecified atom stereocenters. The first kappa shape index (κ1) is 11.0. The van der Waals surface area contributed by atoms with Crippen molar-refractivity contribution in [1.29, 1.82) is 0 Å². The summed E-state index contributed by atoms with van der Waals surface area (Å²) in [7, 11) is 0. The number of anilines is 2. The first-order valence-corrected chi connectivity index (χ1v) is 4.98. The monoisotopic (exact) mass is 232 g/mol. The Kier molecular flexibility index (Phi) is 2.95. The van der Waals surface area contributed by atoms with Crippen molar-refractivity contribution in [3.8, 4) is 0 Å². The van der Waals surface area contributed by atoms with E-state index in [-0.39, 0.29) is 5.69 Å². The van der Waals surface area contributed by atoms with E-state index >= 15 is 0 Å². The van der Waals surface area contributed by atoms with Crippen LogP contribution in [0.25, 0.3) is 0 Å². The zero-order valence-electron chi connectivity index (χ0n) is 9.01. The van der Waals surface area contributed by atoms with Crippen molar-refractivity contribution in [3.05, 3.63) is 42.0 Å². The van der Waals surface area contributed by atoms with E-state index in [2.05, 4.69) is 10.3 Å². The number of nitrogens with two attached hydrogens (primary N) is 2. The van der Waals surface area contributed by atoms with Gasteiger partial charge in [-0.05, 0) is 18.2 Å². The molecule has 2 aromatic heterocycles. The summed E-state index contributed by atoms with van der Waals surface area (Å²) in [4.78, 5) is 15.0. The fourth-order valence-corrected chi connectivity index (χ4v) is 1.33. The van der Waals surface area contributed by atoms with Crippen LogP contribution < -0.4 is 16.8 Å². The second kappa shape index (κ2) is 4.56. The van der Waals surface area contributed by atoms with Crippen molar-refractivity contribution in [1.82, 2.24) is 4.98 Å². The number of aromatic nitrogens is 1. The van der Waals surface area contributed by atoms with Crippen LogP contribution in [0.2, 0.25) is 0 Å². The average molecular weight is 232 g/mol. The Morgan fingerprint density at radius 1 is 1.41 bits per heavy atom. The highest BCUT2D eigenvalue weighted by molar-refractivity contribution is 5.91. The maximum Gasteiger partial charge on any atom is 0.267 e. The third-order valence-electron chi connectivity index (χ3n) is 2.22. The molecule has 2 heterocycles. The van der Waals surface area contributed by atoms with Gasteiger partial charge in [-0.25, -0.2) is 4.98 Å². The number of rotatable bonds is 4.